The lowest BCUT2D eigenvalue weighted by Crippen LogP contribution is -2.23. The van der Waals surface area contributed by atoms with Gasteiger partial charge in [0.15, 0.2) is 5.76 Å². The third-order valence-corrected chi connectivity index (χ3v) is 6.20. The first-order valence-corrected chi connectivity index (χ1v) is 11.6. The van der Waals surface area contributed by atoms with E-state index in [1.165, 1.54) is 6.07 Å². The molecule has 5 rings (SSSR count). The molecule has 0 bridgehead atoms. The molecule has 4 nitrogen and oxygen atoms in total. The minimum absolute atomic E-state index is 0.0728. The topological polar surface area (TPSA) is 56.5 Å². The van der Waals surface area contributed by atoms with Gasteiger partial charge >= 0.3 is 5.97 Å². The smallest absolute Gasteiger partial charge is 0.323 e. The van der Waals surface area contributed by atoms with Crippen molar-refractivity contribution in [1.29, 1.82) is 0 Å². The van der Waals surface area contributed by atoms with Crippen LogP contribution in [-0.2, 0) is 4.79 Å². The Balaban J connectivity index is 1.69. The zero-order valence-corrected chi connectivity index (χ0v) is 19.8. The van der Waals surface area contributed by atoms with E-state index in [-0.39, 0.29) is 16.9 Å². The van der Waals surface area contributed by atoms with E-state index < -0.39 is 17.3 Å². The maximum absolute atomic E-state index is 13.7. The summed E-state index contributed by atoms with van der Waals surface area (Å²) in [7, 11) is 0. The van der Waals surface area contributed by atoms with Crippen molar-refractivity contribution in [2.75, 3.05) is 0 Å². The largest absolute Gasteiger partial charge is 0.452 e. The minimum atomic E-state index is -0.758. The molecule has 0 amide bonds. The third kappa shape index (κ3) is 4.59. The number of esters is 1. The number of fused-ring (bicyclic) bond motifs is 1. The fourth-order valence-corrected chi connectivity index (χ4v) is 4.37. The van der Waals surface area contributed by atoms with Crippen molar-refractivity contribution >= 4 is 40.1 Å². The molecule has 0 aliphatic heterocycles. The van der Waals surface area contributed by atoms with E-state index in [4.69, 9.17) is 32.4 Å². The van der Waals surface area contributed by atoms with E-state index in [0.717, 1.165) is 11.1 Å². The van der Waals surface area contributed by atoms with Crippen LogP contribution in [0.2, 0.25) is 10.0 Å². The number of benzene rings is 4. The number of hydrogen-bond donors (Lipinski definition) is 0. The lowest BCUT2D eigenvalue weighted by Gasteiger charge is -2.18. The second kappa shape index (κ2) is 9.79. The van der Waals surface area contributed by atoms with Crippen LogP contribution in [-0.4, -0.2) is 5.97 Å². The average molecular weight is 501 g/mol. The van der Waals surface area contributed by atoms with Gasteiger partial charge in [0, 0.05) is 10.6 Å². The molecule has 0 unspecified atom stereocenters. The molecular formula is C29H18Cl2O4. The van der Waals surface area contributed by atoms with Crippen molar-refractivity contribution < 1.29 is 13.9 Å². The second-order valence-corrected chi connectivity index (χ2v) is 8.73. The fraction of sp³-hybridized carbons (Fsp3) is 0.0345. The Bertz CT molecular complexity index is 1540. The molecule has 35 heavy (non-hydrogen) atoms. The molecule has 5 aromatic rings. The van der Waals surface area contributed by atoms with Crippen molar-refractivity contribution in [3.63, 3.8) is 0 Å². The summed E-state index contributed by atoms with van der Waals surface area (Å²) in [5.74, 6) is -1.55. The average Bonchev–Trinajstić information content (AvgIpc) is 2.88. The normalized spacial score (nSPS) is 11.1. The maximum atomic E-state index is 13.7. The third-order valence-electron chi connectivity index (χ3n) is 5.63. The Morgan fingerprint density at radius 3 is 2.00 bits per heavy atom. The van der Waals surface area contributed by atoms with Gasteiger partial charge < -0.3 is 9.15 Å². The van der Waals surface area contributed by atoms with E-state index in [9.17, 15) is 9.59 Å². The second-order valence-electron chi connectivity index (χ2n) is 7.89. The van der Waals surface area contributed by atoms with Gasteiger partial charge in [-0.1, -0.05) is 96.0 Å². The van der Waals surface area contributed by atoms with Crippen LogP contribution in [0.15, 0.2) is 112 Å². The summed E-state index contributed by atoms with van der Waals surface area (Å²) >= 11 is 12.6. The minimum Gasteiger partial charge on any atom is -0.452 e. The molecule has 0 saturated carbocycles. The van der Waals surface area contributed by atoms with E-state index in [1.54, 1.807) is 36.4 Å². The molecule has 1 aromatic heterocycles. The van der Waals surface area contributed by atoms with Crippen LogP contribution < -0.4 is 10.2 Å². The van der Waals surface area contributed by atoms with E-state index >= 15 is 0 Å². The Kier molecular flexibility index (Phi) is 6.41. The predicted octanol–water partition coefficient (Wildman–Crippen LogP) is 7.50. The summed E-state index contributed by atoms with van der Waals surface area (Å²) in [5, 5.41) is 0.912. The highest BCUT2D eigenvalue weighted by Crippen LogP contribution is 2.37. The van der Waals surface area contributed by atoms with Crippen LogP contribution in [0.3, 0.4) is 0 Å². The number of hydrogen-bond acceptors (Lipinski definition) is 4. The first kappa shape index (κ1) is 22.9. The SMILES string of the molecule is O=C(Oc1c(-c2ccccc2Cl)oc2ccc(Cl)cc2c1=O)C(c1ccccc1)c1ccccc1. The Morgan fingerprint density at radius 1 is 0.771 bits per heavy atom. The van der Waals surface area contributed by atoms with E-state index in [2.05, 4.69) is 0 Å². The van der Waals surface area contributed by atoms with E-state index in [1.807, 2.05) is 60.7 Å². The van der Waals surface area contributed by atoms with Crippen molar-refractivity contribution in [3.8, 4) is 17.1 Å². The molecule has 0 fully saturated rings. The van der Waals surface area contributed by atoms with Gasteiger partial charge in [0.05, 0.1) is 10.4 Å². The molecule has 0 aliphatic carbocycles. The van der Waals surface area contributed by atoms with Crippen molar-refractivity contribution in [2.45, 2.75) is 5.92 Å². The van der Waals surface area contributed by atoms with Gasteiger partial charge in [-0.05, 0) is 41.5 Å². The van der Waals surface area contributed by atoms with Crippen LogP contribution >= 0.6 is 23.2 Å². The first-order valence-electron chi connectivity index (χ1n) is 10.9. The van der Waals surface area contributed by atoms with Gasteiger partial charge in [0.1, 0.15) is 11.5 Å². The predicted molar refractivity (Wildman–Crippen MR) is 138 cm³/mol. The fourth-order valence-electron chi connectivity index (χ4n) is 3.98. The highest BCUT2D eigenvalue weighted by Gasteiger charge is 2.29. The molecular weight excluding hydrogens is 483 g/mol. The number of ether oxygens (including phenoxy) is 1. The molecule has 0 saturated heterocycles. The Hall–Kier alpha value is -3.86. The highest BCUT2D eigenvalue weighted by atomic mass is 35.5. The zero-order chi connectivity index (χ0) is 24.4. The van der Waals surface area contributed by atoms with Crippen molar-refractivity contribution in [2.24, 2.45) is 0 Å². The molecule has 0 spiro atoms. The molecule has 0 aliphatic rings. The summed E-state index contributed by atoms with van der Waals surface area (Å²) in [5.41, 5.74) is 1.68. The number of halogens is 2. The van der Waals surface area contributed by atoms with Crippen molar-refractivity contribution in [3.05, 3.63) is 135 Å². The van der Waals surface area contributed by atoms with Gasteiger partial charge in [-0.25, -0.2) is 0 Å². The van der Waals surface area contributed by atoms with Gasteiger partial charge in [0.2, 0.25) is 11.2 Å². The van der Waals surface area contributed by atoms with Crippen LogP contribution in [0.5, 0.6) is 5.75 Å². The first-order chi connectivity index (χ1) is 17.0. The van der Waals surface area contributed by atoms with Gasteiger partial charge in [-0.2, -0.15) is 0 Å². The number of carbonyl (C=O) groups is 1. The Morgan fingerprint density at radius 2 is 1.37 bits per heavy atom. The molecule has 172 valence electrons. The quantitative estimate of drug-likeness (QED) is 0.234. The van der Waals surface area contributed by atoms with Crippen LogP contribution in [0.4, 0.5) is 0 Å². The van der Waals surface area contributed by atoms with Crippen LogP contribution in [0, 0.1) is 0 Å². The molecule has 0 radical (unpaired) electrons. The number of rotatable bonds is 5. The molecule has 0 atom stereocenters. The van der Waals surface area contributed by atoms with E-state index in [0.29, 0.717) is 21.2 Å². The maximum Gasteiger partial charge on any atom is 0.323 e. The lowest BCUT2D eigenvalue weighted by atomic mass is 9.91. The molecule has 4 aromatic carbocycles. The van der Waals surface area contributed by atoms with Gasteiger partial charge in [-0.3, -0.25) is 9.59 Å². The summed E-state index contributed by atoms with van der Waals surface area (Å²) in [6, 6.07) is 30.1. The molecule has 0 N–H and O–H groups in total. The summed E-state index contributed by atoms with van der Waals surface area (Å²) in [4.78, 5) is 27.3. The summed E-state index contributed by atoms with van der Waals surface area (Å²) < 4.78 is 11.9. The lowest BCUT2D eigenvalue weighted by molar-refractivity contribution is -0.135. The van der Waals surface area contributed by atoms with Crippen LogP contribution in [0.1, 0.15) is 17.0 Å². The van der Waals surface area contributed by atoms with Crippen LogP contribution in [0.25, 0.3) is 22.3 Å². The Labute approximate surface area is 211 Å². The van der Waals surface area contributed by atoms with Gasteiger partial charge in [0.25, 0.3) is 0 Å². The van der Waals surface area contributed by atoms with Crippen molar-refractivity contribution in [1.82, 2.24) is 0 Å². The number of carbonyl (C=O) groups excluding carboxylic acids is 1. The summed E-state index contributed by atoms with van der Waals surface area (Å²) in [6.07, 6.45) is 0. The summed E-state index contributed by atoms with van der Waals surface area (Å²) in [6.45, 7) is 0. The zero-order valence-electron chi connectivity index (χ0n) is 18.3. The monoisotopic (exact) mass is 500 g/mol. The molecule has 1 heterocycles. The highest BCUT2D eigenvalue weighted by molar-refractivity contribution is 6.33. The molecule has 6 heteroatoms. The standard InChI is InChI=1S/C29H18Cl2O4/c30-20-15-16-24-22(17-20)26(32)28(27(34-24)21-13-7-8-14-23(21)31)35-29(33)25(18-9-3-1-4-10-18)19-11-5-2-6-12-19/h1-17,25H. The van der Waals surface area contributed by atoms with Gasteiger partial charge in [-0.15, -0.1) is 0 Å².